The van der Waals surface area contributed by atoms with E-state index < -0.39 is 30.0 Å². The van der Waals surface area contributed by atoms with Gasteiger partial charge in [-0.25, -0.2) is 0 Å². The predicted octanol–water partition coefficient (Wildman–Crippen LogP) is 2.31. The monoisotopic (exact) mass is 446 g/mol. The predicted molar refractivity (Wildman–Crippen MR) is 117 cm³/mol. The highest BCUT2D eigenvalue weighted by molar-refractivity contribution is 5.67. The Morgan fingerprint density at radius 1 is 0.938 bits per heavy atom. The Balaban J connectivity index is 2.30. The van der Waals surface area contributed by atoms with Crippen LogP contribution >= 0.6 is 0 Å². The van der Waals surface area contributed by atoms with Crippen molar-refractivity contribution in [3.63, 3.8) is 0 Å². The SMILES string of the molecule is COc1ccc([C@H]2c3cc(OC)c(OC)cc3C[C@](CO)(OC(C)=O)[C@@H]2CO)cc1OC. The Kier molecular flexibility index (Phi) is 7.16. The van der Waals surface area contributed by atoms with Crippen molar-refractivity contribution in [2.75, 3.05) is 41.7 Å². The van der Waals surface area contributed by atoms with Gasteiger partial charge in [0.25, 0.3) is 0 Å². The second-order valence-electron chi connectivity index (χ2n) is 7.78. The number of ether oxygens (including phenoxy) is 5. The van der Waals surface area contributed by atoms with E-state index in [1.54, 1.807) is 34.5 Å². The maximum atomic E-state index is 12.0. The van der Waals surface area contributed by atoms with Crippen LogP contribution in [0.15, 0.2) is 30.3 Å². The van der Waals surface area contributed by atoms with Crippen molar-refractivity contribution in [2.24, 2.45) is 5.92 Å². The number of aliphatic hydroxyl groups is 2. The molecule has 0 fully saturated rings. The van der Waals surface area contributed by atoms with Crippen molar-refractivity contribution in [3.05, 3.63) is 47.0 Å². The number of esters is 1. The molecule has 3 rings (SSSR count). The van der Waals surface area contributed by atoms with Crippen LogP contribution in [0.2, 0.25) is 0 Å². The van der Waals surface area contributed by atoms with Gasteiger partial charge in [-0.05, 0) is 41.0 Å². The van der Waals surface area contributed by atoms with Gasteiger partial charge in [-0.1, -0.05) is 6.07 Å². The number of aliphatic hydroxyl groups excluding tert-OH is 2. The summed E-state index contributed by atoms with van der Waals surface area (Å²) in [5, 5.41) is 20.9. The molecule has 8 nitrogen and oxygen atoms in total. The maximum absolute atomic E-state index is 12.0. The normalized spacial score (nSPS) is 22.0. The van der Waals surface area contributed by atoms with Gasteiger partial charge in [0.15, 0.2) is 23.0 Å². The summed E-state index contributed by atoms with van der Waals surface area (Å²) in [6.07, 6.45) is 0.216. The first-order chi connectivity index (χ1) is 15.4. The summed E-state index contributed by atoms with van der Waals surface area (Å²) in [6, 6.07) is 9.17. The van der Waals surface area contributed by atoms with Crippen molar-refractivity contribution in [1.29, 1.82) is 0 Å². The van der Waals surface area contributed by atoms with Gasteiger partial charge >= 0.3 is 5.97 Å². The van der Waals surface area contributed by atoms with E-state index in [9.17, 15) is 15.0 Å². The molecule has 0 saturated carbocycles. The quantitative estimate of drug-likeness (QED) is 0.596. The lowest BCUT2D eigenvalue weighted by molar-refractivity contribution is -0.175. The summed E-state index contributed by atoms with van der Waals surface area (Å²) in [5.74, 6) is 0.555. The van der Waals surface area contributed by atoms with Crippen LogP contribution in [-0.2, 0) is 16.0 Å². The van der Waals surface area contributed by atoms with Crippen LogP contribution in [-0.4, -0.2) is 63.4 Å². The average Bonchev–Trinajstić information content (AvgIpc) is 2.81. The molecule has 0 radical (unpaired) electrons. The van der Waals surface area contributed by atoms with Crippen LogP contribution in [0.25, 0.3) is 0 Å². The second kappa shape index (κ2) is 9.67. The number of carbonyl (C=O) groups is 1. The van der Waals surface area contributed by atoms with Crippen LogP contribution < -0.4 is 18.9 Å². The highest BCUT2D eigenvalue weighted by Crippen LogP contribution is 2.50. The Hall–Kier alpha value is -2.97. The number of methoxy groups -OCH3 is 4. The zero-order valence-electron chi connectivity index (χ0n) is 19.0. The summed E-state index contributed by atoms with van der Waals surface area (Å²) < 4.78 is 27.5. The Morgan fingerprint density at radius 3 is 2.06 bits per heavy atom. The molecule has 0 saturated heterocycles. The molecule has 1 aliphatic rings. The molecular weight excluding hydrogens is 416 g/mol. The van der Waals surface area contributed by atoms with Crippen LogP contribution in [0, 0.1) is 5.92 Å². The summed E-state index contributed by atoms with van der Waals surface area (Å²) in [5.41, 5.74) is 1.19. The van der Waals surface area contributed by atoms with Crippen molar-refractivity contribution >= 4 is 5.97 Å². The molecule has 0 spiro atoms. The minimum Gasteiger partial charge on any atom is -0.493 e. The van der Waals surface area contributed by atoms with Gasteiger partial charge in [-0.3, -0.25) is 4.79 Å². The van der Waals surface area contributed by atoms with Gasteiger partial charge in [0, 0.05) is 25.2 Å². The highest BCUT2D eigenvalue weighted by atomic mass is 16.6. The minimum absolute atomic E-state index is 0.216. The molecule has 8 heteroatoms. The van der Waals surface area contributed by atoms with E-state index >= 15 is 0 Å². The van der Waals surface area contributed by atoms with E-state index in [1.165, 1.54) is 6.92 Å². The summed E-state index contributed by atoms with van der Waals surface area (Å²) in [4.78, 5) is 12.0. The molecule has 0 aromatic heterocycles. The summed E-state index contributed by atoms with van der Waals surface area (Å²) >= 11 is 0. The maximum Gasteiger partial charge on any atom is 0.303 e. The molecule has 3 atom stereocenters. The largest absolute Gasteiger partial charge is 0.493 e. The Labute approximate surface area is 187 Å². The highest BCUT2D eigenvalue weighted by Gasteiger charge is 2.51. The third-order valence-electron chi connectivity index (χ3n) is 6.13. The van der Waals surface area contributed by atoms with Gasteiger partial charge in [0.05, 0.1) is 41.7 Å². The molecule has 0 aliphatic heterocycles. The number of benzene rings is 2. The minimum atomic E-state index is -1.31. The van der Waals surface area contributed by atoms with E-state index in [0.717, 1.165) is 16.7 Å². The second-order valence-corrected chi connectivity index (χ2v) is 7.78. The molecule has 0 heterocycles. The Bertz CT molecular complexity index is 973. The van der Waals surface area contributed by atoms with E-state index in [4.69, 9.17) is 23.7 Å². The fourth-order valence-electron chi connectivity index (χ4n) is 4.69. The number of hydrogen-bond donors (Lipinski definition) is 2. The van der Waals surface area contributed by atoms with E-state index in [2.05, 4.69) is 0 Å². The molecule has 174 valence electrons. The standard InChI is InChI=1S/C24H30O8/c1-14(27)32-24(13-26)11-16-9-21(30-4)22(31-5)10-17(16)23(18(24)12-25)15-6-7-19(28-2)20(8-15)29-3/h6-10,18,23,25-26H,11-13H2,1-5H3/t18-,23+,24-/m1/s1. The first-order valence-corrected chi connectivity index (χ1v) is 10.3. The third kappa shape index (κ3) is 4.08. The van der Waals surface area contributed by atoms with Crippen LogP contribution in [0.5, 0.6) is 23.0 Å². The van der Waals surface area contributed by atoms with E-state index in [1.807, 2.05) is 24.3 Å². The third-order valence-corrected chi connectivity index (χ3v) is 6.13. The van der Waals surface area contributed by atoms with Crippen molar-refractivity contribution in [3.8, 4) is 23.0 Å². The van der Waals surface area contributed by atoms with Gasteiger partial charge in [0.1, 0.15) is 5.60 Å². The average molecular weight is 446 g/mol. The summed E-state index contributed by atoms with van der Waals surface area (Å²) in [6.45, 7) is 0.525. The molecule has 0 amide bonds. The first kappa shape index (κ1) is 23.7. The molecule has 2 aromatic carbocycles. The van der Waals surface area contributed by atoms with Gasteiger partial charge < -0.3 is 33.9 Å². The van der Waals surface area contributed by atoms with Crippen LogP contribution in [0.3, 0.4) is 0 Å². The molecule has 2 aromatic rings. The fraction of sp³-hybridized carbons (Fsp3) is 0.458. The van der Waals surface area contributed by atoms with E-state index in [0.29, 0.717) is 23.0 Å². The van der Waals surface area contributed by atoms with Crippen molar-refractivity contribution in [2.45, 2.75) is 24.9 Å². The van der Waals surface area contributed by atoms with Crippen molar-refractivity contribution < 1.29 is 38.7 Å². The van der Waals surface area contributed by atoms with E-state index in [-0.39, 0.29) is 13.0 Å². The topological polar surface area (TPSA) is 104 Å². The molecule has 0 bridgehead atoms. The lowest BCUT2D eigenvalue weighted by Crippen LogP contribution is -2.54. The van der Waals surface area contributed by atoms with Crippen LogP contribution in [0.1, 0.15) is 29.5 Å². The lowest BCUT2D eigenvalue weighted by atomic mass is 9.64. The van der Waals surface area contributed by atoms with Gasteiger partial charge in [-0.15, -0.1) is 0 Å². The molecule has 32 heavy (non-hydrogen) atoms. The zero-order valence-corrected chi connectivity index (χ0v) is 19.0. The number of carbonyl (C=O) groups excluding carboxylic acids is 1. The smallest absolute Gasteiger partial charge is 0.303 e. The van der Waals surface area contributed by atoms with Crippen LogP contribution in [0.4, 0.5) is 0 Å². The first-order valence-electron chi connectivity index (χ1n) is 10.3. The van der Waals surface area contributed by atoms with Crippen molar-refractivity contribution in [1.82, 2.24) is 0 Å². The molecule has 0 unspecified atom stereocenters. The number of fused-ring (bicyclic) bond motifs is 1. The fourth-order valence-corrected chi connectivity index (χ4v) is 4.69. The Morgan fingerprint density at radius 2 is 1.53 bits per heavy atom. The van der Waals surface area contributed by atoms with Gasteiger partial charge in [-0.2, -0.15) is 0 Å². The summed E-state index contributed by atoms with van der Waals surface area (Å²) in [7, 11) is 6.20. The number of hydrogen-bond acceptors (Lipinski definition) is 8. The molecular formula is C24H30O8. The zero-order chi connectivity index (χ0) is 23.5. The molecule has 1 aliphatic carbocycles. The van der Waals surface area contributed by atoms with Gasteiger partial charge in [0.2, 0.25) is 0 Å². The number of rotatable bonds is 8. The lowest BCUT2D eigenvalue weighted by Gasteiger charge is -2.46. The molecule has 2 N–H and O–H groups in total.